The van der Waals surface area contributed by atoms with Gasteiger partial charge in [0.1, 0.15) is 18.5 Å². The van der Waals surface area contributed by atoms with Crippen molar-refractivity contribution >= 4 is 15.7 Å². The summed E-state index contributed by atoms with van der Waals surface area (Å²) in [5, 5.41) is 12.4. The number of benzene rings is 1. The first-order valence-corrected chi connectivity index (χ1v) is 10.6. The Bertz CT molecular complexity index is 669. The molecule has 1 aromatic rings. The van der Waals surface area contributed by atoms with Gasteiger partial charge in [0, 0.05) is 6.54 Å². The molecule has 0 heterocycles. The van der Waals surface area contributed by atoms with Crippen molar-refractivity contribution in [1.82, 2.24) is 5.32 Å². The van der Waals surface area contributed by atoms with Crippen molar-refractivity contribution in [2.24, 2.45) is 0 Å². The summed E-state index contributed by atoms with van der Waals surface area (Å²) in [4.78, 5) is 11.8. The van der Waals surface area contributed by atoms with Gasteiger partial charge >= 0.3 is 0 Å². The van der Waals surface area contributed by atoms with Gasteiger partial charge in [-0.05, 0) is 18.6 Å². The standard InChI is InChI=1S/C18H29NO7S/c1-4-5-6-10-27(22,23)13-17(21)19-11-14(20)12-26-18-15(24-2)8-7-9-16(18)25-3/h7-9,14,20H,4-6,10-13H2,1-3H3,(H,19,21). The first-order chi connectivity index (χ1) is 12.8. The summed E-state index contributed by atoms with van der Waals surface area (Å²) < 4.78 is 39.6. The summed E-state index contributed by atoms with van der Waals surface area (Å²) in [6, 6.07) is 5.12. The highest BCUT2D eigenvalue weighted by Crippen LogP contribution is 2.36. The number of aliphatic hydroxyl groups is 1. The van der Waals surface area contributed by atoms with Gasteiger partial charge in [0.05, 0.1) is 20.0 Å². The normalized spacial score (nSPS) is 12.3. The van der Waals surface area contributed by atoms with Crippen LogP contribution in [-0.2, 0) is 14.6 Å². The minimum Gasteiger partial charge on any atom is -0.493 e. The number of hydrogen-bond acceptors (Lipinski definition) is 7. The average molecular weight is 403 g/mol. The second-order valence-corrected chi connectivity index (χ2v) is 8.24. The van der Waals surface area contributed by atoms with Crippen LogP contribution in [-0.4, -0.2) is 64.4 Å². The Morgan fingerprint density at radius 2 is 1.81 bits per heavy atom. The van der Waals surface area contributed by atoms with Crippen molar-refractivity contribution in [2.75, 3.05) is 38.9 Å². The van der Waals surface area contributed by atoms with Crippen LogP contribution in [0.15, 0.2) is 18.2 Å². The fourth-order valence-corrected chi connectivity index (χ4v) is 3.61. The second kappa shape index (κ2) is 11.7. The molecule has 1 amide bonds. The third kappa shape index (κ3) is 8.49. The van der Waals surface area contributed by atoms with Crippen molar-refractivity contribution < 1.29 is 32.5 Å². The predicted octanol–water partition coefficient (Wildman–Crippen LogP) is 1.16. The minimum atomic E-state index is -3.43. The van der Waals surface area contributed by atoms with E-state index in [1.54, 1.807) is 18.2 Å². The molecule has 1 aromatic carbocycles. The van der Waals surface area contributed by atoms with E-state index in [1.807, 2.05) is 6.92 Å². The van der Waals surface area contributed by atoms with Gasteiger partial charge in [0.25, 0.3) is 0 Å². The number of carbonyl (C=O) groups is 1. The maximum Gasteiger partial charge on any atom is 0.235 e. The van der Waals surface area contributed by atoms with E-state index in [0.29, 0.717) is 23.7 Å². The number of hydrogen-bond donors (Lipinski definition) is 2. The Morgan fingerprint density at radius 1 is 1.19 bits per heavy atom. The Balaban J connectivity index is 2.45. The fraction of sp³-hybridized carbons (Fsp3) is 0.611. The molecule has 0 saturated carbocycles. The number of carbonyl (C=O) groups excluding carboxylic acids is 1. The van der Waals surface area contributed by atoms with Gasteiger partial charge in [-0.3, -0.25) is 4.79 Å². The van der Waals surface area contributed by atoms with Gasteiger partial charge in [0.2, 0.25) is 11.7 Å². The Hall–Kier alpha value is -2.00. The lowest BCUT2D eigenvalue weighted by Crippen LogP contribution is -2.38. The van der Waals surface area contributed by atoms with Crippen molar-refractivity contribution in [2.45, 2.75) is 32.3 Å². The maximum absolute atomic E-state index is 11.8. The van der Waals surface area contributed by atoms with Crippen LogP contribution in [0.5, 0.6) is 17.2 Å². The zero-order valence-corrected chi connectivity index (χ0v) is 16.9. The van der Waals surface area contributed by atoms with E-state index >= 15 is 0 Å². The summed E-state index contributed by atoms with van der Waals surface area (Å²) in [7, 11) is -0.462. The molecule has 1 unspecified atom stereocenters. The fourth-order valence-electron chi connectivity index (χ4n) is 2.32. The van der Waals surface area contributed by atoms with Gasteiger partial charge in [-0.2, -0.15) is 0 Å². The Kier molecular flexibility index (Phi) is 9.95. The monoisotopic (exact) mass is 403 g/mol. The minimum absolute atomic E-state index is 0.00643. The molecule has 0 spiro atoms. The lowest BCUT2D eigenvalue weighted by atomic mass is 10.3. The van der Waals surface area contributed by atoms with Crippen LogP contribution < -0.4 is 19.5 Å². The van der Waals surface area contributed by atoms with Crippen molar-refractivity contribution in [1.29, 1.82) is 0 Å². The van der Waals surface area contributed by atoms with Gasteiger partial charge in [-0.15, -0.1) is 0 Å². The number of sulfone groups is 1. The van der Waals surface area contributed by atoms with Crippen LogP contribution in [0.1, 0.15) is 26.2 Å². The van der Waals surface area contributed by atoms with E-state index < -0.39 is 27.6 Å². The summed E-state index contributed by atoms with van der Waals surface area (Å²) in [6.07, 6.45) is 1.24. The molecule has 1 rings (SSSR count). The van der Waals surface area contributed by atoms with E-state index in [4.69, 9.17) is 14.2 Å². The molecule has 9 heteroatoms. The number of nitrogens with one attached hydrogen (secondary N) is 1. The number of amides is 1. The molecule has 0 saturated heterocycles. The van der Waals surface area contributed by atoms with Crippen molar-refractivity contribution in [3.05, 3.63) is 18.2 Å². The van der Waals surface area contributed by atoms with Crippen LogP contribution in [0.4, 0.5) is 0 Å². The maximum atomic E-state index is 11.8. The summed E-state index contributed by atoms with van der Waals surface area (Å²) >= 11 is 0. The smallest absolute Gasteiger partial charge is 0.235 e. The quantitative estimate of drug-likeness (QED) is 0.476. The third-order valence-corrected chi connectivity index (χ3v) is 5.36. The molecular weight excluding hydrogens is 374 g/mol. The highest BCUT2D eigenvalue weighted by Gasteiger charge is 2.18. The lowest BCUT2D eigenvalue weighted by Gasteiger charge is -2.17. The number of methoxy groups -OCH3 is 2. The van der Waals surface area contributed by atoms with Crippen LogP contribution >= 0.6 is 0 Å². The molecule has 0 bridgehead atoms. The van der Waals surface area contributed by atoms with Crippen LogP contribution in [0.3, 0.4) is 0 Å². The first kappa shape index (κ1) is 23.0. The zero-order valence-electron chi connectivity index (χ0n) is 16.1. The molecule has 0 aromatic heterocycles. The molecule has 27 heavy (non-hydrogen) atoms. The molecule has 154 valence electrons. The Morgan fingerprint density at radius 3 is 2.37 bits per heavy atom. The SMILES string of the molecule is CCCCCS(=O)(=O)CC(=O)NCC(O)COc1c(OC)cccc1OC. The van der Waals surface area contributed by atoms with Gasteiger partial charge in [-0.1, -0.05) is 25.8 Å². The summed E-state index contributed by atoms with van der Waals surface area (Å²) in [5.41, 5.74) is 0. The van der Waals surface area contributed by atoms with Gasteiger partial charge < -0.3 is 24.6 Å². The second-order valence-electron chi connectivity index (χ2n) is 6.06. The number of para-hydroxylation sites is 1. The van der Waals surface area contributed by atoms with Gasteiger partial charge in [-0.25, -0.2) is 8.42 Å². The molecule has 0 aliphatic rings. The molecule has 2 N–H and O–H groups in total. The molecule has 0 radical (unpaired) electrons. The molecule has 0 fully saturated rings. The van der Waals surface area contributed by atoms with E-state index in [-0.39, 0.29) is 18.9 Å². The molecule has 0 aliphatic carbocycles. The number of unbranched alkanes of at least 4 members (excludes halogenated alkanes) is 2. The predicted molar refractivity (Wildman–Crippen MR) is 102 cm³/mol. The van der Waals surface area contributed by atoms with E-state index in [1.165, 1.54) is 14.2 Å². The first-order valence-electron chi connectivity index (χ1n) is 8.82. The number of ether oxygens (including phenoxy) is 3. The highest BCUT2D eigenvalue weighted by molar-refractivity contribution is 7.92. The molecule has 0 aliphatic heterocycles. The lowest BCUT2D eigenvalue weighted by molar-refractivity contribution is -0.119. The van der Waals surface area contributed by atoms with Crippen LogP contribution in [0, 0.1) is 0 Å². The number of aliphatic hydroxyl groups excluding tert-OH is 1. The average Bonchev–Trinajstić information content (AvgIpc) is 2.63. The van der Waals surface area contributed by atoms with Crippen molar-refractivity contribution in [3.63, 3.8) is 0 Å². The van der Waals surface area contributed by atoms with Crippen LogP contribution in [0.25, 0.3) is 0 Å². The third-order valence-electron chi connectivity index (χ3n) is 3.75. The van der Waals surface area contributed by atoms with Gasteiger partial charge in [0.15, 0.2) is 21.3 Å². The topological polar surface area (TPSA) is 111 Å². The Labute approximate surface area is 160 Å². The van der Waals surface area contributed by atoms with Crippen molar-refractivity contribution in [3.8, 4) is 17.2 Å². The zero-order chi connectivity index (χ0) is 20.3. The van der Waals surface area contributed by atoms with Crippen LogP contribution in [0.2, 0.25) is 0 Å². The molecule has 1 atom stereocenters. The van der Waals surface area contributed by atoms with E-state index in [2.05, 4.69) is 5.32 Å². The van der Waals surface area contributed by atoms with E-state index in [0.717, 1.165) is 12.8 Å². The summed E-state index contributed by atoms with van der Waals surface area (Å²) in [6.45, 7) is 1.73. The highest BCUT2D eigenvalue weighted by atomic mass is 32.2. The number of rotatable bonds is 13. The summed E-state index contributed by atoms with van der Waals surface area (Å²) in [5.74, 6) is 0.0114. The van der Waals surface area contributed by atoms with E-state index in [9.17, 15) is 18.3 Å². The largest absolute Gasteiger partial charge is 0.493 e. The molecular formula is C18H29NO7S. The molecule has 8 nitrogen and oxygen atoms in total.